The summed E-state index contributed by atoms with van der Waals surface area (Å²) in [5, 5.41) is 3.23. The molecule has 0 radical (unpaired) electrons. The van der Waals surface area contributed by atoms with Crippen LogP contribution in [0.1, 0.15) is 18.4 Å². The van der Waals surface area contributed by atoms with E-state index >= 15 is 0 Å². The van der Waals surface area contributed by atoms with Crippen LogP contribution in [0.5, 0.6) is 0 Å². The van der Waals surface area contributed by atoms with Gasteiger partial charge in [0.1, 0.15) is 5.82 Å². The van der Waals surface area contributed by atoms with E-state index in [-0.39, 0.29) is 5.56 Å². The van der Waals surface area contributed by atoms with Crippen LogP contribution in [-0.4, -0.2) is 21.1 Å². The van der Waals surface area contributed by atoms with Gasteiger partial charge in [0.15, 0.2) is 0 Å². The lowest BCUT2D eigenvalue weighted by molar-refractivity contribution is 0.681. The van der Waals surface area contributed by atoms with E-state index in [9.17, 15) is 4.79 Å². The summed E-state index contributed by atoms with van der Waals surface area (Å²) < 4.78 is 2.26. The molecule has 2 rings (SSSR count). The molecule has 2 heterocycles. The number of hydrogen-bond donors (Lipinski definition) is 1. The summed E-state index contributed by atoms with van der Waals surface area (Å²) in [5.41, 5.74) is 1.83. The van der Waals surface area contributed by atoms with E-state index in [0.717, 1.165) is 17.9 Å². The summed E-state index contributed by atoms with van der Waals surface area (Å²) in [6.45, 7) is 5.16. The molecule has 0 bridgehead atoms. The Kier molecular flexibility index (Phi) is 4.52. The maximum atomic E-state index is 12.1. The average Bonchev–Trinajstić information content (AvgIpc) is 2.40. The minimum atomic E-state index is -0.0243. The second-order valence-corrected chi connectivity index (χ2v) is 5.27. The van der Waals surface area contributed by atoms with Crippen LogP contribution in [0.2, 0.25) is 0 Å². The Hall–Kier alpha value is -1.44. The van der Waals surface area contributed by atoms with Gasteiger partial charge >= 0.3 is 0 Å². The number of pyridine rings is 1. The zero-order valence-corrected chi connectivity index (χ0v) is 13.0. The van der Waals surface area contributed by atoms with Crippen molar-refractivity contribution in [2.24, 2.45) is 0 Å². The predicted molar refractivity (Wildman–Crippen MR) is 83.5 cm³/mol. The minimum Gasteiger partial charge on any atom is -0.385 e. The molecule has 100 valence electrons. The van der Waals surface area contributed by atoms with E-state index in [1.807, 2.05) is 48.6 Å². The molecule has 0 atom stereocenters. The van der Waals surface area contributed by atoms with Crippen LogP contribution >= 0.6 is 22.6 Å². The molecule has 0 aliphatic heterocycles. The van der Waals surface area contributed by atoms with Crippen molar-refractivity contribution in [1.29, 1.82) is 0 Å². The van der Waals surface area contributed by atoms with Gasteiger partial charge in [-0.3, -0.25) is 14.3 Å². The highest BCUT2D eigenvalue weighted by atomic mass is 127. The Morgan fingerprint density at radius 3 is 2.95 bits per heavy atom. The smallest absolute Gasteiger partial charge is 0.267 e. The topological polar surface area (TPSA) is 59.8 Å². The van der Waals surface area contributed by atoms with E-state index in [0.29, 0.717) is 15.9 Å². The van der Waals surface area contributed by atoms with Crippen LogP contribution in [0.15, 0.2) is 29.3 Å². The summed E-state index contributed by atoms with van der Waals surface area (Å²) in [6.07, 6.45) is 3.34. The minimum absolute atomic E-state index is 0.0243. The highest BCUT2D eigenvalue weighted by Crippen LogP contribution is 2.09. The number of rotatable bonds is 4. The van der Waals surface area contributed by atoms with Crippen LogP contribution in [-0.2, 0) is 6.54 Å². The largest absolute Gasteiger partial charge is 0.385 e. The summed E-state index contributed by atoms with van der Waals surface area (Å²) in [4.78, 5) is 20.6. The van der Waals surface area contributed by atoms with Gasteiger partial charge in [0.2, 0.25) is 0 Å². The quantitative estimate of drug-likeness (QED) is 0.837. The average molecular weight is 370 g/mol. The third-order valence-corrected chi connectivity index (χ3v) is 3.46. The summed E-state index contributed by atoms with van der Waals surface area (Å²) >= 11 is 2.00. The summed E-state index contributed by atoms with van der Waals surface area (Å²) in [6, 6.07) is 3.87. The molecule has 1 N–H and O–H groups in total. The normalized spacial score (nSPS) is 10.5. The van der Waals surface area contributed by atoms with Gasteiger partial charge in [0, 0.05) is 24.6 Å². The molecule has 5 nitrogen and oxygen atoms in total. The van der Waals surface area contributed by atoms with Crippen LogP contribution < -0.4 is 10.9 Å². The third kappa shape index (κ3) is 3.31. The fraction of sp³-hybridized carbons (Fsp3) is 0.308. The lowest BCUT2D eigenvalue weighted by atomic mass is 10.3. The summed E-state index contributed by atoms with van der Waals surface area (Å²) in [5.74, 6) is 0.695. The molecule has 0 spiro atoms. The van der Waals surface area contributed by atoms with Gasteiger partial charge in [0.25, 0.3) is 5.56 Å². The number of nitrogens with one attached hydrogen (secondary N) is 1. The first-order chi connectivity index (χ1) is 9.11. The van der Waals surface area contributed by atoms with Crippen molar-refractivity contribution < 1.29 is 0 Å². The fourth-order valence-corrected chi connectivity index (χ4v) is 2.21. The Morgan fingerprint density at radius 1 is 1.42 bits per heavy atom. The standard InChI is InChI=1S/C13H15IN4O/c1-3-15-10-4-5-16-11(6-10)8-18-9(2)17-7-12(14)13(18)19/h4-7H,3,8H2,1-2H3,(H,15,16). The van der Waals surface area contributed by atoms with Crippen molar-refractivity contribution in [2.45, 2.75) is 20.4 Å². The van der Waals surface area contributed by atoms with Crippen molar-refractivity contribution in [3.8, 4) is 0 Å². The molecule has 2 aromatic rings. The van der Waals surface area contributed by atoms with Crippen molar-refractivity contribution >= 4 is 28.3 Å². The first-order valence-electron chi connectivity index (χ1n) is 6.02. The second kappa shape index (κ2) is 6.14. The molecular formula is C13H15IN4O. The van der Waals surface area contributed by atoms with Gasteiger partial charge < -0.3 is 5.32 Å². The highest BCUT2D eigenvalue weighted by molar-refractivity contribution is 14.1. The number of hydrogen-bond acceptors (Lipinski definition) is 4. The zero-order valence-electron chi connectivity index (χ0n) is 10.9. The third-order valence-electron chi connectivity index (χ3n) is 2.72. The van der Waals surface area contributed by atoms with Gasteiger partial charge in [0.05, 0.1) is 15.8 Å². The van der Waals surface area contributed by atoms with Crippen LogP contribution in [0, 0.1) is 10.5 Å². The van der Waals surface area contributed by atoms with Crippen molar-refractivity contribution in [2.75, 3.05) is 11.9 Å². The molecule has 0 aromatic carbocycles. The van der Waals surface area contributed by atoms with Crippen LogP contribution in [0.3, 0.4) is 0 Å². The number of nitrogens with zero attached hydrogens (tertiary/aromatic N) is 3. The van der Waals surface area contributed by atoms with Gasteiger partial charge in [-0.05, 0) is 48.6 Å². The van der Waals surface area contributed by atoms with Gasteiger partial charge in [-0.15, -0.1) is 0 Å². The molecule has 2 aromatic heterocycles. The van der Waals surface area contributed by atoms with Crippen molar-refractivity contribution in [1.82, 2.24) is 14.5 Å². The lowest BCUT2D eigenvalue weighted by Crippen LogP contribution is -2.26. The maximum Gasteiger partial charge on any atom is 0.267 e. The molecule has 0 unspecified atom stereocenters. The highest BCUT2D eigenvalue weighted by Gasteiger charge is 2.07. The van der Waals surface area contributed by atoms with E-state index in [2.05, 4.69) is 15.3 Å². The Morgan fingerprint density at radius 2 is 2.21 bits per heavy atom. The van der Waals surface area contributed by atoms with Gasteiger partial charge in [-0.1, -0.05) is 0 Å². The zero-order chi connectivity index (χ0) is 13.8. The molecule has 0 amide bonds. The molecular weight excluding hydrogens is 355 g/mol. The second-order valence-electron chi connectivity index (χ2n) is 4.11. The Bertz CT molecular complexity index is 639. The monoisotopic (exact) mass is 370 g/mol. The van der Waals surface area contributed by atoms with Crippen LogP contribution in [0.4, 0.5) is 5.69 Å². The lowest BCUT2D eigenvalue weighted by Gasteiger charge is -2.10. The summed E-state index contributed by atoms with van der Waals surface area (Å²) in [7, 11) is 0. The number of anilines is 1. The Labute approximate surface area is 125 Å². The molecule has 0 aliphatic rings. The molecule has 6 heteroatoms. The molecule has 0 saturated heterocycles. The predicted octanol–water partition coefficient (Wildman–Crippen LogP) is 2.03. The Balaban J connectivity index is 2.34. The molecule has 0 aliphatic carbocycles. The van der Waals surface area contributed by atoms with Crippen LogP contribution in [0.25, 0.3) is 0 Å². The number of aromatic nitrogens is 3. The van der Waals surface area contributed by atoms with Gasteiger partial charge in [-0.2, -0.15) is 0 Å². The first-order valence-corrected chi connectivity index (χ1v) is 7.10. The maximum absolute atomic E-state index is 12.1. The van der Waals surface area contributed by atoms with Gasteiger partial charge in [-0.25, -0.2) is 4.98 Å². The number of halogens is 1. The molecule has 19 heavy (non-hydrogen) atoms. The molecule has 0 fully saturated rings. The SMILES string of the molecule is CCNc1ccnc(Cn2c(C)ncc(I)c2=O)c1. The van der Waals surface area contributed by atoms with E-state index in [1.54, 1.807) is 17.0 Å². The van der Waals surface area contributed by atoms with E-state index in [1.165, 1.54) is 0 Å². The van der Waals surface area contributed by atoms with E-state index in [4.69, 9.17) is 0 Å². The van der Waals surface area contributed by atoms with Crippen molar-refractivity contribution in [3.05, 3.63) is 50.0 Å². The van der Waals surface area contributed by atoms with E-state index < -0.39 is 0 Å². The number of aryl methyl sites for hydroxylation is 1. The van der Waals surface area contributed by atoms with Crippen molar-refractivity contribution in [3.63, 3.8) is 0 Å². The molecule has 0 saturated carbocycles. The fourth-order valence-electron chi connectivity index (χ4n) is 1.78. The first kappa shape index (κ1) is 14.0.